The maximum Gasteiger partial charge on any atom is 0.454 e. The average molecular weight is 811 g/mol. The van der Waals surface area contributed by atoms with Gasteiger partial charge in [0, 0.05) is 49.0 Å². The Hall–Kier alpha value is -3.32. The Morgan fingerprint density at radius 1 is 0.978 bits per heavy atom. The van der Waals surface area contributed by atoms with Crippen LogP contribution in [0, 0.1) is 33.7 Å². The number of aromatic nitrogens is 1. The number of alkyl halides is 3. The Kier molecular flexibility index (Phi) is 10.9. The van der Waals surface area contributed by atoms with Crippen LogP contribution < -0.4 is 4.57 Å². The SMILES string of the molecule is CC(C)C/C(O)=C/C(=O)C(F)(F)F.[CH2-]c1c(-c2c3sc4c(C)c(C)ccc4c3cc[n+]2[CH2-])cc(C(C)(C)C)c2ccccc12.[Ir]. The molecule has 0 bridgehead atoms. The van der Waals surface area contributed by atoms with Crippen LogP contribution in [0.3, 0.4) is 0 Å². The summed E-state index contributed by atoms with van der Waals surface area (Å²) in [5, 5.41) is 14.0. The number of halogens is 3. The van der Waals surface area contributed by atoms with Crippen LogP contribution in [-0.4, -0.2) is 17.1 Å². The summed E-state index contributed by atoms with van der Waals surface area (Å²) in [7, 11) is 4.37. The minimum Gasteiger partial charge on any atom is -0.512 e. The Morgan fingerprint density at radius 3 is 2.16 bits per heavy atom. The number of aliphatic hydroxyl groups is 1. The van der Waals surface area contributed by atoms with Gasteiger partial charge >= 0.3 is 6.18 Å². The Labute approximate surface area is 281 Å². The van der Waals surface area contributed by atoms with Crippen molar-refractivity contribution >= 4 is 48.1 Å². The third-order valence-electron chi connectivity index (χ3n) is 7.75. The van der Waals surface area contributed by atoms with E-state index in [0.29, 0.717) is 0 Å². The zero-order chi connectivity index (χ0) is 32.7. The number of ketones is 1. The number of thiophene rings is 1. The molecule has 0 amide bonds. The fourth-order valence-corrected chi connectivity index (χ4v) is 6.80. The van der Waals surface area contributed by atoms with Gasteiger partial charge in [0.15, 0.2) is 0 Å². The number of nitrogens with zero attached hydrogens (tertiary/aromatic N) is 1. The quantitative estimate of drug-likeness (QED) is 0.0850. The molecule has 3 nitrogen and oxygen atoms in total. The standard InChI is InChI=1S/C29H28NS.C8H11F3O2.Ir/c1-17-12-13-22-23-14-15-30(7)26(28(23)31-27(22)18(17)2)24-16-25(29(4,5)6)21-11-9-8-10-20(21)19(24)3;1-5(2)3-6(12)4-7(13)8(9,10)11;/h8-16H,3,7H2,1-2,4-6H3;4-5,12H,3H2,1-2H3;/q-1;;/b;6-4-;. The third kappa shape index (κ3) is 7.57. The number of benzene rings is 3. The smallest absolute Gasteiger partial charge is 0.454 e. The van der Waals surface area contributed by atoms with E-state index < -0.39 is 17.7 Å². The number of aliphatic hydroxyl groups excluding tert-OH is 1. The molecule has 5 rings (SSSR count). The first-order valence-corrected chi connectivity index (χ1v) is 15.3. The minimum absolute atomic E-state index is 0. The molecule has 0 aliphatic rings. The van der Waals surface area contributed by atoms with Crippen LogP contribution in [0.15, 0.2) is 66.6 Å². The second-order valence-corrected chi connectivity index (χ2v) is 13.7. The molecule has 1 N–H and O–H groups in total. The first-order valence-electron chi connectivity index (χ1n) is 14.5. The van der Waals surface area contributed by atoms with Crippen LogP contribution in [0.4, 0.5) is 13.2 Å². The van der Waals surface area contributed by atoms with E-state index in [9.17, 15) is 18.0 Å². The van der Waals surface area contributed by atoms with Gasteiger partial charge in [-0.2, -0.15) is 25.7 Å². The summed E-state index contributed by atoms with van der Waals surface area (Å²) in [6, 6.07) is 17.7. The molecule has 0 aliphatic heterocycles. The summed E-state index contributed by atoms with van der Waals surface area (Å²) >= 11 is 1.88. The molecular weight excluding hydrogens is 772 g/mol. The molecule has 0 aliphatic carbocycles. The Morgan fingerprint density at radius 2 is 1.58 bits per heavy atom. The summed E-state index contributed by atoms with van der Waals surface area (Å²) in [5.41, 5.74) is 7.46. The zero-order valence-electron chi connectivity index (χ0n) is 26.7. The van der Waals surface area contributed by atoms with Gasteiger partial charge in [-0.1, -0.05) is 75.9 Å². The van der Waals surface area contributed by atoms with E-state index in [1.54, 1.807) is 13.8 Å². The van der Waals surface area contributed by atoms with Crippen molar-refractivity contribution < 1.29 is 47.7 Å². The van der Waals surface area contributed by atoms with E-state index in [0.717, 1.165) is 11.3 Å². The van der Waals surface area contributed by atoms with Crippen LogP contribution in [0.25, 0.3) is 42.2 Å². The van der Waals surface area contributed by atoms with E-state index in [1.165, 1.54) is 53.2 Å². The van der Waals surface area contributed by atoms with Gasteiger partial charge in [-0.3, -0.25) is 4.79 Å². The van der Waals surface area contributed by atoms with Crippen molar-refractivity contribution in [3.63, 3.8) is 0 Å². The van der Waals surface area contributed by atoms with E-state index in [1.807, 2.05) is 15.9 Å². The summed E-state index contributed by atoms with van der Waals surface area (Å²) < 4.78 is 39.6. The topological polar surface area (TPSA) is 41.2 Å². The van der Waals surface area contributed by atoms with Crippen molar-refractivity contribution in [2.45, 2.75) is 66.5 Å². The van der Waals surface area contributed by atoms with Gasteiger partial charge in [0.1, 0.15) is 0 Å². The van der Waals surface area contributed by atoms with E-state index in [2.05, 4.69) is 103 Å². The van der Waals surface area contributed by atoms with Gasteiger partial charge in [-0.25, -0.2) is 0 Å². The number of rotatable bonds is 4. The second-order valence-electron chi connectivity index (χ2n) is 12.7. The van der Waals surface area contributed by atoms with E-state index >= 15 is 0 Å². The van der Waals surface area contributed by atoms with Gasteiger partial charge in [-0.15, -0.1) is 34.4 Å². The Balaban J connectivity index is 0.000000338. The van der Waals surface area contributed by atoms with Gasteiger partial charge in [0.05, 0.1) is 17.6 Å². The van der Waals surface area contributed by atoms with Crippen LogP contribution in [-0.2, 0) is 30.3 Å². The summed E-state index contributed by atoms with van der Waals surface area (Å²) in [4.78, 5) is 10.3. The maximum atomic E-state index is 11.6. The molecule has 5 aromatic rings. The number of allylic oxidation sites excluding steroid dienone is 2. The molecule has 45 heavy (non-hydrogen) atoms. The van der Waals surface area contributed by atoms with E-state index in [4.69, 9.17) is 5.11 Å². The molecule has 1 radical (unpaired) electrons. The van der Waals surface area contributed by atoms with Crippen LogP contribution >= 0.6 is 11.3 Å². The predicted molar refractivity (Wildman–Crippen MR) is 177 cm³/mol. The molecule has 2 aromatic heterocycles. The van der Waals surface area contributed by atoms with Crippen LogP contribution in [0.1, 0.15) is 63.3 Å². The van der Waals surface area contributed by atoms with Crippen LogP contribution in [0.5, 0.6) is 0 Å². The number of carbonyl (C=O) groups is 1. The maximum absolute atomic E-state index is 11.6. The molecule has 241 valence electrons. The van der Waals surface area contributed by atoms with Crippen LogP contribution in [0.2, 0.25) is 0 Å². The number of aryl methyl sites for hydroxylation is 2. The third-order valence-corrected chi connectivity index (χ3v) is 9.10. The monoisotopic (exact) mass is 811 g/mol. The zero-order valence-corrected chi connectivity index (χ0v) is 29.9. The van der Waals surface area contributed by atoms with Gasteiger partial charge in [0.25, 0.3) is 5.78 Å². The molecule has 0 atom stereocenters. The van der Waals surface area contributed by atoms with Crippen molar-refractivity contribution in [3.8, 4) is 11.3 Å². The first-order chi connectivity index (χ1) is 20.4. The van der Waals surface area contributed by atoms with Crippen molar-refractivity contribution in [2.24, 2.45) is 5.92 Å². The normalized spacial score (nSPS) is 12.4. The van der Waals surface area contributed by atoms with Gasteiger partial charge < -0.3 is 9.67 Å². The molecular formula is C37H39F3IrNO2S-. The molecule has 0 unspecified atom stereocenters. The molecule has 0 spiro atoms. The summed E-state index contributed by atoms with van der Waals surface area (Å²) in [6.07, 6.45) is -2.52. The molecule has 8 heteroatoms. The number of fused-ring (bicyclic) bond motifs is 4. The average Bonchev–Trinajstić information content (AvgIpc) is 3.29. The fraction of sp³-hybridized carbons (Fsp3) is 0.297. The number of hydrogen-bond donors (Lipinski definition) is 1. The molecule has 0 saturated carbocycles. The van der Waals surface area contributed by atoms with Crippen molar-refractivity contribution in [3.05, 3.63) is 103 Å². The fourth-order valence-electron chi connectivity index (χ4n) is 5.38. The van der Waals surface area contributed by atoms with Crippen molar-refractivity contribution in [2.75, 3.05) is 0 Å². The van der Waals surface area contributed by atoms with Gasteiger partial charge in [0.2, 0.25) is 0 Å². The summed E-state index contributed by atoms with van der Waals surface area (Å²) in [6.45, 7) is 19.3. The minimum atomic E-state index is -4.90. The molecule has 0 saturated heterocycles. The Bertz CT molecular complexity index is 1910. The predicted octanol–water partition coefficient (Wildman–Crippen LogP) is 10.5. The van der Waals surface area contributed by atoms with Crippen molar-refractivity contribution in [1.29, 1.82) is 0 Å². The van der Waals surface area contributed by atoms with Gasteiger partial charge in [-0.05, 0) is 53.1 Å². The number of pyridine rings is 1. The molecule has 0 fully saturated rings. The van der Waals surface area contributed by atoms with Crippen molar-refractivity contribution in [1.82, 2.24) is 0 Å². The number of carbonyl (C=O) groups excluding carboxylic acids is 1. The van der Waals surface area contributed by atoms with E-state index in [-0.39, 0.29) is 43.9 Å². The first kappa shape index (κ1) is 36.2. The summed E-state index contributed by atoms with van der Waals surface area (Å²) in [5.74, 6) is -2.54. The largest absolute Gasteiger partial charge is 0.512 e. The molecule has 3 aromatic carbocycles. The second kappa shape index (κ2) is 13.6. The molecule has 2 heterocycles. The number of hydrogen-bond acceptors (Lipinski definition) is 3.